The quantitative estimate of drug-likeness (QED) is 0.851. The van der Waals surface area contributed by atoms with Gasteiger partial charge in [0, 0.05) is 22.4 Å². The zero-order valence-electron chi connectivity index (χ0n) is 11.1. The van der Waals surface area contributed by atoms with E-state index in [2.05, 4.69) is 9.98 Å². The van der Waals surface area contributed by atoms with Crippen molar-refractivity contribution in [2.75, 3.05) is 13.7 Å². The Kier molecular flexibility index (Phi) is 2.98. The maximum absolute atomic E-state index is 5.59. The number of methoxy groups -OCH3 is 1. The van der Waals surface area contributed by atoms with E-state index in [1.807, 2.05) is 31.4 Å². The van der Waals surface area contributed by atoms with Crippen LogP contribution in [-0.2, 0) is 0 Å². The van der Waals surface area contributed by atoms with Crippen LogP contribution in [0.3, 0.4) is 0 Å². The molecule has 5 heteroatoms. The summed E-state index contributed by atoms with van der Waals surface area (Å²) in [5.41, 5.74) is 1.96. The van der Waals surface area contributed by atoms with E-state index < -0.39 is 0 Å². The van der Waals surface area contributed by atoms with Crippen LogP contribution < -0.4 is 20.0 Å². The number of rotatable bonds is 4. The summed E-state index contributed by atoms with van der Waals surface area (Å²) in [4.78, 5) is 8.97. The first-order valence-electron chi connectivity index (χ1n) is 6.09. The summed E-state index contributed by atoms with van der Waals surface area (Å²) in [6.45, 7) is 4.55. The number of ether oxygens (including phenoxy) is 2. The minimum Gasteiger partial charge on any atom is -0.493 e. The molecule has 19 heavy (non-hydrogen) atoms. The Balaban J connectivity index is 2.13. The van der Waals surface area contributed by atoms with E-state index in [4.69, 9.17) is 9.47 Å². The van der Waals surface area contributed by atoms with E-state index in [0.29, 0.717) is 6.61 Å². The van der Waals surface area contributed by atoms with Gasteiger partial charge in [-0.3, -0.25) is 0 Å². The van der Waals surface area contributed by atoms with Gasteiger partial charge in [-0.25, -0.2) is 9.98 Å². The average Bonchev–Trinajstić information content (AvgIpc) is 2.79. The van der Waals surface area contributed by atoms with Crippen LogP contribution in [0.4, 0.5) is 0 Å². The van der Waals surface area contributed by atoms with Crippen molar-refractivity contribution in [3.8, 4) is 11.5 Å². The van der Waals surface area contributed by atoms with Gasteiger partial charge >= 0.3 is 0 Å². The van der Waals surface area contributed by atoms with Crippen molar-refractivity contribution in [3.63, 3.8) is 0 Å². The lowest BCUT2D eigenvalue weighted by Crippen LogP contribution is -2.35. The Morgan fingerprint density at radius 3 is 2.74 bits per heavy atom. The molecule has 0 aliphatic carbocycles. The van der Waals surface area contributed by atoms with Crippen LogP contribution >= 0.6 is 11.3 Å². The standard InChI is InChI=1S/C14H14N2O2S/c1-4-18-12-5-9-10(6-11(12)17-3)16-13(9)14-15-8(2)7-19-14/h5-7H,4H2,1-3H3. The number of aryl methyl sites for hydroxylation is 1. The first-order chi connectivity index (χ1) is 9.22. The Bertz CT molecular complexity index is 749. The average molecular weight is 274 g/mol. The minimum atomic E-state index is 0.609. The van der Waals surface area contributed by atoms with E-state index in [9.17, 15) is 0 Å². The summed E-state index contributed by atoms with van der Waals surface area (Å²) in [6, 6.07) is 3.89. The van der Waals surface area contributed by atoms with Crippen molar-refractivity contribution in [2.45, 2.75) is 13.8 Å². The van der Waals surface area contributed by atoms with Crippen LogP contribution in [-0.4, -0.2) is 18.7 Å². The van der Waals surface area contributed by atoms with Crippen molar-refractivity contribution in [1.29, 1.82) is 0 Å². The van der Waals surface area contributed by atoms with Crippen LogP contribution in [0.15, 0.2) is 22.5 Å². The zero-order valence-corrected chi connectivity index (χ0v) is 11.9. The molecule has 0 bridgehead atoms. The summed E-state index contributed by atoms with van der Waals surface area (Å²) >= 11 is 1.61. The molecule has 0 unspecified atom stereocenters. The number of nitrogens with zero attached hydrogens (tertiary/aromatic N) is 2. The molecule has 0 amide bonds. The molecule has 98 valence electrons. The normalized spacial score (nSPS) is 12.5. The second-order valence-electron chi connectivity index (χ2n) is 4.21. The molecule has 0 atom stereocenters. The number of aromatic nitrogens is 1. The molecule has 0 saturated heterocycles. The third-order valence-electron chi connectivity index (χ3n) is 2.89. The Labute approximate surface area is 115 Å². The lowest BCUT2D eigenvalue weighted by atomic mass is 10.1. The van der Waals surface area contributed by atoms with E-state index in [0.717, 1.165) is 38.5 Å². The van der Waals surface area contributed by atoms with Gasteiger partial charge in [0.15, 0.2) is 11.5 Å². The van der Waals surface area contributed by atoms with Crippen molar-refractivity contribution in [3.05, 3.63) is 38.8 Å². The second-order valence-corrected chi connectivity index (χ2v) is 5.07. The summed E-state index contributed by atoms with van der Waals surface area (Å²) in [5, 5.41) is 5.00. The number of fused-ring (bicyclic) bond motifs is 1. The highest BCUT2D eigenvalue weighted by molar-refractivity contribution is 7.10. The number of thiazole rings is 1. The zero-order chi connectivity index (χ0) is 13.4. The van der Waals surface area contributed by atoms with Gasteiger partial charge in [0.1, 0.15) is 10.7 Å². The Hall–Kier alpha value is -1.88. The highest BCUT2D eigenvalue weighted by Crippen LogP contribution is 2.26. The largest absolute Gasteiger partial charge is 0.493 e. The first kappa shape index (κ1) is 12.2. The van der Waals surface area contributed by atoms with E-state index in [-0.39, 0.29) is 0 Å². The molecule has 0 radical (unpaired) electrons. The first-order valence-corrected chi connectivity index (χ1v) is 6.97. The van der Waals surface area contributed by atoms with Crippen LogP contribution in [0.25, 0.3) is 5.70 Å². The lowest BCUT2D eigenvalue weighted by molar-refractivity contribution is 0.310. The number of benzene rings is 1. The third-order valence-corrected chi connectivity index (χ3v) is 3.86. The maximum atomic E-state index is 5.59. The highest BCUT2D eigenvalue weighted by atomic mass is 32.1. The van der Waals surface area contributed by atoms with Gasteiger partial charge in [-0.1, -0.05) is 0 Å². The van der Waals surface area contributed by atoms with Crippen molar-refractivity contribution in [2.24, 2.45) is 4.99 Å². The fraction of sp³-hybridized carbons (Fsp3) is 0.286. The van der Waals surface area contributed by atoms with Crippen molar-refractivity contribution in [1.82, 2.24) is 4.98 Å². The molecule has 3 rings (SSSR count). The SMILES string of the molecule is CCOc1cc2c(cc1OC)=NC=2c1nc(C)cs1. The predicted molar refractivity (Wildman–Crippen MR) is 74.3 cm³/mol. The summed E-state index contributed by atoms with van der Waals surface area (Å²) in [6.07, 6.45) is 0. The van der Waals surface area contributed by atoms with Crippen molar-refractivity contribution < 1.29 is 9.47 Å². The fourth-order valence-electron chi connectivity index (χ4n) is 2.01. The third kappa shape index (κ3) is 2.00. The van der Waals surface area contributed by atoms with Crippen LogP contribution in [0.1, 0.15) is 17.6 Å². The van der Waals surface area contributed by atoms with Crippen molar-refractivity contribution >= 4 is 17.0 Å². The predicted octanol–water partition coefficient (Wildman–Crippen LogP) is 1.65. The molecule has 2 heterocycles. The number of hydrogen-bond acceptors (Lipinski definition) is 5. The van der Waals surface area contributed by atoms with Crippen LogP contribution in [0, 0.1) is 6.92 Å². The van der Waals surface area contributed by atoms with Gasteiger partial charge in [-0.15, -0.1) is 11.3 Å². The summed E-state index contributed by atoms with van der Waals surface area (Å²) in [5.74, 6) is 1.48. The monoisotopic (exact) mass is 274 g/mol. The highest BCUT2D eigenvalue weighted by Gasteiger charge is 2.17. The molecule has 2 aromatic rings. The molecule has 1 aromatic carbocycles. The molecule has 4 nitrogen and oxygen atoms in total. The number of hydrogen-bond donors (Lipinski definition) is 0. The van der Waals surface area contributed by atoms with E-state index in [1.165, 1.54) is 0 Å². The van der Waals surface area contributed by atoms with Gasteiger partial charge < -0.3 is 9.47 Å². The molecule has 0 N–H and O–H groups in total. The van der Waals surface area contributed by atoms with Crippen LogP contribution in [0.2, 0.25) is 0 Å². The Morgan fingerprint density at radius 1 is 1.26 bits per heavy atom. The molecule has 1 aromatic heterocycles. The molecule has 1 aliphatic rings. The summed E-state index contributed by atoms with van der Waals surface area (Å²) < 4.78 is 10.9. The summed E-state index contributed by atoms with van der Waals surface area (Å²) in [7, 11) is 1.64. The molecule has 0 fully saturated rings. The molecular formula is C14H14N2O2S. The van der Waals surface area contributed by atoms with E-state index >= 15 is 0 Å². The van der Waals surface area contributed by atoms with Gasteiger partial charge in [0.2, 0.25) is 0 Å². The molecule has 0 spiro atoms. The van der Waals surface area contributed by atoms with Crippen LogP contribution in [0.5, 0.6) is 11.5 Å². The minimum absolute atomic E-state index is 0.609. The fourth-order valence-corrected chi connectivity index (χ4v) is 2.81. The maximum Gasteiger partial charge on any atom is 0.162 e. The van der Waals surface area contributed by atoms with Gasteiger partial charge in [-0.2, -0.15) is 0 Å². The molecule has 0 saturated carbocycles. The van der Waals surface area contributed by atoms with Gasteiger partial charge in [0.05, 0.1) is 19.1 Å². The Morgan fingerprint density at radius 2 is 2.11 bits per heavy atom. The lowest BCUT2D eigenvalue weighted by Gasteiger charge is -2.13. The van der Waals surface area contributed by atoms with E-state index in [1.54, 1.807) is 18.4 Å². The van der Waals surface area contributed by atoms with Gasteiger partial charge in [0.25, 0.3) is 0 Å². The molecule has 1 aliphatic heterocycles. The topological polar surface area (TPSA) is 43.7 Å². The van der Waals surface area contributed by atoms with Gasteiger partial charge in [-0.05, 0) is 19.9 Å². The molecular weight excluding hydrogens is 260 g/mol. The second kappa shape index (κ2) is 4.66. The smallest absolute Gasteiger partial charge is 0.162 e.